The average molecular weight is 269 g/mol. The average Bonchev–Trinajstić information content (AvgIpc) is 2.67. The number of hydrogen-bond donors (Lipinski definition) is 0. The van der Waals surface area contributed by atoms with Gasteiger partial charge in [-0.2, -0.15) is 0 Å². The normalized spacial score (nSPS) is 26.4. The van der Waals surface area contributed by atoms with Crippen molar-refractivity contribution < 1.29 is 9.66 Å². The first-order valence-electron chi connectivity index (χ1n) is 5.98. The number of nitrogens with zero attached hydrogens (tertiary/aromatic N) is 2. The molecule has 0 amide bonds. The Morgan fingerprint density at radius 1 is 1.33 bits per heavy atom. The summed E-state index contributed by atoms with van der Waals surface area (Å²) in [4.78, 5) is 12.7. The Morgan fingerprint density at radius 2 is 2.00 bits per heavy atom. The second kappa shape index (κ2) is 4.40. The van der Waals surface area contributed by atoms with Crippen molar-refractivity contribution in [2.75, 3.05) is 18.0 Å². The van der Waals surface area contributed by atoms with E-state index in [4.69, 9.17) is 16.3 Å². The zero-order valence-electron chi connectivity index (χ0n) is 9.71. The topological polar surface area (TPSA) is 55.6 Å². The van der Waals surface area contributed by atoms with Crippen molar-refractivity contribution in [1.29, 1.82) is 0 Å². The lowest BCUT2D eigenvalue weighted by Gasteiger charge is -2.33. The van der Waals surface area contributed by atoms with E-state index in [0.29, 0.717) is 18.8 Å². The summed E-state index contributed by atoms with van der Waals surface area (Å²) < 4.78 is 5.74. The summed E-state index contributed by atoms with van der Waals surface area (Å²) in [5, 5.41) is 11.3. The second-order valence-electron chi connectivity index (χ2n) is 4.73. The Labute approximate surface area is 109 Å². The van der Waals surface area contributed by atoms with Crippen LogP contribution in [0.15, 0.2) is 18.2 Å². The van der Waals surface area contributed by atoms with E-state index < -0.39 is 4.92 Å². The zero-order chi connectivity index (χ0) is 12.7. The Kier molecular flexibility index (Phi) is 2.87. The molecule has 0 N–H and O–H groups in total. The van der Waals surface area contributed by atoms with E-state index >= 15 is 0 Å². The largest absolute Gasteiger partial charge is 0.371 e. The molecule has 0 radical (unpaired) electrons. The Bertz CT molecular complexity index is 482. The van der Waals surface area contributed by atoms with Gasteiger partial charge in [-0.1, -0.05) is 17.7 Å². The lowest BCUT2D eigenvalue weighted by atomic mass is 10.2. The zero-order valence-corrected chi connectivity index (χ0v) is 10.5. The van der Waals surface area contributed by atoms with Crippen LogP contribution in [0.2, 0.25) is 5.02 Å². The summed E-state index contributed by atoms with van der Waals surface area (Å²) in [6, 6.07) is 5.06. The number of rotatable bonds is 2. The number of para-hydroxylation sites is 1. The van der Waals surface area contributed by atoms with Gasteiger partial charge in [0.05, 0.1) is 17.1 Å². The smallest absolute Gasteiger partial charge is 0.310 e. The van der Waals surface area contributed by atoms with Gasteiger partial charge < -0.3 is 9.64 Å². The van der Waals surface area contributed by atoms with Crippen LogP contribution in [0, 0.1) is 10.1 Å². The highest BCUT2D eigenvalue weighted by Gasteiger charge is 2.36. The number of anilines is 1. The van der Waals surface area contributed by atoms with E-state index in [9.17, 15) is 10.1 Å². The minimum atomic E-state index is -0.408. The molecular formula is C12H13ClN2O3. The van der Waals surface area contributed by atoms with Crippen LogP contribution in [0.5, 0.6) is 0 Å². The molecule has 5 nitrogen and oxygen atoms in total. The molecule has 1 aromatic rings. The first kappa shape index (κ1) is 11.7. The predicted molar refractivity (Wildman–Crippen MR) is 68.2 cm³/mol. The number of nitro benzene ring substituents is 1. The summed E-state index contributed by atoms with van der Waals surface area (Å²) in [6.45, 7) is 1.41. The van der Waals surface area contributed by atoms with Crippen LogP contribution >= 0.6 is 11.6 Å². The lowest BCUT2D eigenvalue weighted by molar-refractivity contribution is -0.384. The quantitative estimate of drug-likeness (QED) is 0.611. The van der Waals surface area contributed by atoms with Crippen molar-refractivity contribution in [1.82, 2.24) is 0 Å². The molecule has 0 saturated carbocycles. The predicted octanol–water partition coefficient (Wildman–Crippen LogP) is 2.62. The molecule has 2 fully saturated rings. The van der Waals surface area contributed by atoms with Gasteiger partial charge in [0.2, 0.25) is 0 Å². The number of ether oxygens (including phenoxy) is 1. The maximum Gasteiger partial charge on any atom is 0.310 e. The number of nitro groups is 1. The van der Waals surface area contributed by atoms with Gasteiger partial charge in [0.25, 0.3) is 0 Å². The maximum absolute atomic E-state index is 11.1. The van der Waals surface area contributed by atoms with E-state index in [1.54, 1.807) is 18.2 Å². The highest BCUT2D eigenvalue weighted by atomic mass is 35.5. The molecule has 0 spiro atoms. The summed E-state index contributed by atoms with van der Waals surface area (Å²) in [6.07, 6.45) is 2.47. The summed E-state index contributed by atoms with van der Waals surface area (Å²) in [7, 11) is 0. The van der Waals surface area contributed by atoms with Gasteiger partial charge in [-0.25, -0.2) is 0 Å². The van der Waals surface area contributed by atoms with Gasteiger partial charge in [-0.05, 0) is 25.0 Å². The fraction of sp³-hybridized carbons (Fsp3) is 0.500. The van der Waals surface area contributed by atoms with Crippen LogP contribution < -0.4 is 4.90 Å². The highest BCUT2D eigenvalue weighted by molar-refractivity contribution is 6.33. The van der Waals surface area contributed by atoms with Crippen LogP contribution in [0.1, 0.15) is 12.8 Å². The Morgan fingerprint density at radius 3 is 2.61 bits per heavy atom. The first-order chi connectivity index (χ1) is 8.65. The second-order valence-corrected chi connectivity index (χ2v) is 5.13. The molecule has 3 rings (SSSR count). The summed E-state index contributed by atoms with van der Waals surface area (Å²) in [5.41, 5.74) is 0.605. The SMILES string of the molecule is O=[N+]([O-])c1c(Cl)cccc1N1CC2CCC(C1)O2. The van der Waals surface area contributed by atoms with Crippen molar-refractivity contribution in [3.8, 4) is 0 Å². The van der Waals surface area contributed by atoms with E-state index in [1.165, 1.54) is 0 Å². The molecule has 2 unspecified atom stereocenters. The third-order valence-corrected chi connectivity index (χ3v) is 3.84. The molecule has 1 aromatic carbocycles. The Hall–Kier alpha value is -1.33. The van der Waals surface area contributed by atoms with Crippen LogP contribution in [0.25, 0.3) is 0 Å². The molecule has 2 aliphatic rings. The fourth-order valence-corrected chi connectivity index (χ4v) is 2.99. The fourth-order valence-electron chi connectivity index (χ4n) is 2.75. The number of halogens is 1. The van der Waals surface area contributed by atoms with Crippen molar-refractivity contribution in [3.05, 3.63) is 33.3 Å². The van der Waals surface area contributed by atoms with Gasteiger partial charge in [0.1, 0.15) is 10.7 Å². The standard InChI is InChI=1S/C12H13ClN2O3/c13-10-2-1-3-11(12(10)15(16)17)14-6-8-4-5-9(7-14)18-8/h1-3,8-9H,4-7H2. The minimum Gasteiger partial charge on any atom is -0.371 e. The molecule has 2 saturated heterocycles. The third kappa shape index (κ3) is 1.93. The molecule has 2 aliphatic heterocycles. The van der Waals surface area contributed by atoms with E-state index in [1.807, 2.05) is 4.90 Å². The van der Waals surface area contributed by atoms with Gasteiger partial charge >= 0.3 is 5.69 Å². The van der Waals surface area contributed by atoms with Crippen LogP contribution in [0.3, 0.4) is 0 Å². The number of hydrogen-bond acceptors (Lipinski definition) is 4. The van der Waals surface area contributed by atoms with Crippen LogP contribution in [-0.4, -0.2) is 30.2 Å². The molecule has 2 atom stereocenters. The lowest BCUT2D eigenvalue weighted by Crippen LogP contribution is -2.42. The van der Waals surface area contributed by atoms with Crippen molar-refractivity contribution in [3.63, 3.8) is 0 Å². The molecule has 18 heavy (non-hydrogen) atoms. The van der Waals surface area contributed by atoms with Crippen molar-refractivity contribution in [2.24, 2.45) is 0 Å². The summed E-state index contributed by atoms with van der Waals surface area (Å²) >= 11 is 5.93. The molecule has 2 heterocycles. The Balaban J connectivity index is 1.97. The maximum atomic E-state index is 11.1. The van der Waals surface area contributed by atoms with Gasteiger partial charge in [0, 0.05) is 13.1 Å². The van der Waals surface area contributed by atoms with Crippen LogP contribution in [0.4, 0.5) is 11.4 Å². The van der Waals surface area contributed by atoms with Gasteiger partial charge in [0.15, 0.2) is 0 Å². The van der Waals surface area contributed by atoms with E-state index in [-0.39, 0.29) is 22.9 Å². The number of morpholine rings is 1. The summed E-state index contributed by atoms with van der Waals surface area (Å²) in [5.74, 6) is 0. The first-order valence-corrected chi connectivity index (χ1v) is 6.36. The van der Waals surface area contributed by atoms with Gasteiger partial charge in [-0.3, -0.25) is 10.1 Å². The third-order valence-electron chi connectivity index (χ3n) is 3.53. The molecular weight excluding hydrogens is 256 g/mol. The highest BCUT2D eigenvalue weighted by Crippen LogP contribution is 2.38. The van der Waals surface area contributed by atoms with Crippen molar-refractivity contribution >= 4 is 23.0 Å². The van der Waals surface area contributed by atoms with Gasteiger partial charge in [-0.15, -0.1) is 0 Å². The van der Waals surface area contributed by atoms with E-state index in [0.717, 1.165) is 12.8 Å². The monoisotopic (exact) mass is 268 g/mol. The molecule has 6 heteroatoms. The minimum absolute atomic E-state index is 0.000432. The van der Waals surface area contributed by atoms with E-state index in [2.05, 4.69) is 0 Å². The van der Waals surface area contributed by atoms with Crippen molar-refractivity contribution in [2.45, 2.75) is 25.0 Å². The molecule has 96 valence electrons. The number of benzene rings is 1. The molecule has 0 aromatic heterocycles. The molecule has 2 bridgehead atoms. The molecule has 0 aliphatic carbocycles. The van der Waals surface area contributed by atoms with Crippen LogP contribution in [-0.2, 0) is 4.74 Å². The number of fused-ring (bicyclic) bond motifs is 2.